The number of carbonyl (C=O) groups is 1. The lowest BCUT2D eigenvalue weighted by Gasteiger charge is -2.32. The minimum absolute atomic E-state index is 0. The maximum atomic E-state index is 13.4. The fourth-order valence-electron chi connectivity index (χ4n) is 2.95. The third kappa shape index (κ3) is 5.30. The van der Waals surface area contributed by atoms with Gasteiger partial charge in [0, 0.05) is 31.0 Å². The molecule has 8 heteroatoms. The van der Waals surface area contributed by atoms with E-state index in [1.54, 1.807) is 30.5 Å². The number of carbonyl (C=O) groups excluding carboxylic acids is 1. The summed E-state index contributed by atoms with van der Waals surface area (Å²) in [6.45, 7) is 1.43. The minimum Gasteiger partial charge on any atom is -0.339 e. The van der Waals surface area contributed by atoms with Gasteiger partial charge in [-0.1, -0.05) is 6.07 Å². The molecule has 1 aliphatic rings. The summed E-state index contributed by atoms with van der Waals surface area (Å²) >= 11 is 0. The van der Waals surface area contributed by atoms with Gasteiger partial charge in [0.2, 0.25) is 0 Å². The lowest BCUT2D eigenvalue weighted by molar-refractivity contribution is 0.0699. The predicted octanol–water partition coefficient (Wildman–Crippen LogP) is 3.63. The number of piperidine rings is 1. The number of nitrogens with one attached hydrogen (secondary N) is 2. The molecule has 1 aliphatic heterocycles. The highest BCUT2D eigenvalue weighted by Crippen LogP contribution is 2.22. The third-order valence-corrected chi connectivity index (χ3v) is 4.24. The molecule has 1 amide bonds. The van der Waals surface area contributed by atoms with Gasteiger partial charge in [-0.2, -0.15) is 0 Å². The van der Waals surface area contributed by atoms with Gasteiger partial charge < -0.3 is 15.5 Å². The van der Waals surface area contributed by atoms with Crippen LogP contribution in [0.5, 0.6) is 0 Å². The number of anilines is 2. The smallest absolute Gasteiger partial charge is 0.257 e. The molecule has 2 N–H and O–H groups in total. The first-order chi connectivity index (χ1) is 11.7. The molecule has 1 unspecified atom stereocenters. The van der Waals surface area contributed by atoms with Crippen molar-refractivity contribution in [3.05, 3.63) is 54.0 Å². The zero-order valence-corrected chi connectivity index (χ0v) is 16.1. The number of rotatable bonds is 4. The SMILES string of the molecule is CNC1CCCN(C(=O)c2cccnc2Nc2cccc(F)c2)C1.Cl.Cl. The number of likely N-dealkylation sites (N-methyl/N-ethyl adjacent to an activating group) is 1. The van der Waals surface area contributed by atoms with Crippen LogP contribution >= 0.6 is 24.8 Å². The maximum absolute atomic E-state index is 13.4. The summed E-state index contributed by atoms with van der Waals surface area (Å²) in [4.78, 5) is 19.0. The molecule has 1 saturated heterocycles. The van der Waals surface area contributed by atoms with E-state index in [1.165, 1.54) is 12.1 Å². The van der Waals surface area contributed by atoms with Crippen molar-refractivity contribution in [3.8, 4) is 0 Å². The second-order valence-corrected chi connectivity index (χ2v) is 5.91. The van der Waals surface area contributed by atoms with E-state index in [-0.39, 0.29) is 36.5 Å². The van der Waals surface area contributed by atoms with Gasteiger partial charge in [0.15, 0.2) is 0 Å². The molecule has 0 radical (unpaired) electrons. The Morgan fingerprint density at radius 1 is 1.27 bits per heavy atom. The second-order valence-electron chi connectivity index (χ2n) is 5.91. The van der Waals surface area contributed by atoms with Crippen molar-refractivity contribution in [1.29, 1.82) is 0 Å². The van der Waals surface area contributed by atoms with E-state index in [0.717, 1.165) is 19.4 Å². The number of nitrogens with zero attached hydrogens (tertiary/aromatic N) is 2. The van der Waals surface area contributed by atoms with Gasteiger partial charge in [0.05, 0.1) is 5.56 Å². The molecule has 1 aromatic heterocycles. The summed E-state index contributed by atoms with van der Waals surface area (Å²) < 4.78 is 13.4. The van der Waals surface area contributed by atoms with Gasteiger partial charge in [-0.25, -0.2) is 9.37 Å². The first kappa shape index (κ1) is 22.2. The number of amides is 1. The molecule has 26 heavy (non-hydrogen) atoms. The van der Waals surface area contributed by atoms with Crippen LogP contribution in [0.3, 0.4) is 0 Å². The quantitative estimate of drug-likeness (QED) is 0.822. The summed E-state index contributed by atoms with van der Waals surface area (Å²) in [6.07, 6.45) is 3.66. The number of hydrogen-bond donors (Lipinski definition) is 2. The van der Waals surface area contributed by atoms with Crippen LogP contribution in [0.2, 0.25) is 0 Å². The fraction of sp³-hybridized carbons (Fsp3) is 0.333. The average molecular weight is 401 g/mol. The van der Waals surface area contributed by atoms with Crippen molar-refractivity contribution in [2.45, 2.75) is 18.9 Å². The molecule has 1 aromatic carbocycles. The van der Waals surface area contributed by atoms with E-state index in [2.05, 4.69) is 15.6 Å². The molecular formula is C18H23Cl2FN4O. The number of benzene rings is 1. The molecule has 0 aliphatic carbocycles. The summed E-state index contributed by atoms with van der Waals surface area (Å²) in [6, 6.07) is 9.92. The Labute approximate surface area is 165 Å². The molecular weight excluding hydrogens is 378 g/mol. The molecule has 0 bridgehead atoms. The number of pyridine rings is 1. The number of aromatic nitrogens is 1. The zero-order valence-electron chi connectivity index (χ0n) is 14.4. The highest BCUT2D eigenvalue weighted by Gasteiger charge is 2.25. The Kier molecular flexibility index (Phi) is 8.78. The van der Waals surface area contributed by atoms with Crippen LogP contribution in [-0.2, 0) is 0 Å². The zero-order chi connectivity index (χ0) is 16.9. The van der Waals surface area contributed by atoms with Gasteiger partial charge in [-0.15, -0.1) is 24.8 Å². The van der Waals surface area contributed by atoms with E-state index in [1.807, 2.05) is 11.9 Å². The standard InChI is InChI=1S/C18H21FN4O.2ClH/c1-20-15-7-4-10-23(12-15)18(24)16-8-3-9-21-17(16)22-14-6-2-5-13(19)11-14;;/h2-3,5-6,8-9,11,15,20H,4,7,10,12H2,1H3,(H,21,22);2*1H. The van der Waals surface area contributed by atoms with Gasteiger partial charge in [-0.05, 0) is 50.2 Å². The largest absolute Gasteiger partial charge is 0.339 e. The van der Waals surface area contributed by atoms with Crippen molar-refractivity contribution in [2.24, 2.45) is 0 Å². The van der Waals surface area contributed by atoms with E-state index >= 15 is 0 Å². The Morgan fingerprint density at radius 2 is 2.08 bits per heavy atom. The molecule has 1 atom stereocenters. The van der Waals surface area contributed by atoms with Gasteiger partial charge in [-0.3, -0.25) is 4.79 Å². The molecule has 142 valence electrons. The van der Waals surface area contributed by atoms with Crippen LogP contribution in [0.1, 0.15) is 23.2 Å². The number of likely N-dealkylation sites (tertiary alicyclic amines) is 1. The number of halogens is 3. The highest BCUT2D eigenvalue weighted by molar-refractivity contribution is 5.99. The Balaban J connectivity index is 0.00000169. The second kappa shape index (κ2) is 10.3. The maximum Gasteiger partial charge on any atom is 0.257 e. The molecule has 0 spiro atoms. The fourth-order valence-corrected chi connectivity index (χ4v) is 2.95. The van der Waals surface area contributed by atoms with E-state index in [4.69, 9.17) is 0 Å². The van der Waals surface area contributed by atoms with Gasteiger partial charge in [0.25, 0.3) is 5.91 Å². The van der Waals surface area contributed by atoms with Crippen LogP contribution in [0.15, 0.2) is 42.6 Å². The monoisotopic (exact) mass is 400 g/mol. The summed E-state index contributed by atoms with van der Waals surface area (Å²) in [7, 11) is 1.92. The van der Waals surface area contributed by atoms with E-state index in [0.29, 0.717) is 29.7 Å². The molecule has 5 nitrogen and oxygen atoms in total. The summed E-state index contributed by atoms with van der Waals surface area (Å²) in [5.74, 6) is 0.0540. The molecule has 3 rings (SSSR count). The van der Waals surface area contributed by atoms with Crippen LogP contribution in [0, 0.1) is 5.82 Å². The molecule has 2 aromatic rings. The van der Waals surface area contributed by atoms with Crippen LogP contribution in [0.25, 0.3) is 0 Å². The van der Waals surface area contributed by atoms with Gasteiger partial charge in [0.1, 0.15) is 11.6 Å². The first-order valence-corrected chi connectivity index (χ1v) is 8.11. The van der Waals surface area contributed by atoms with E-state index in [9.17, 15) is 9.18 Å². The summed E-state index contributed by atoms with van der Waals surface area (Å²) in [5, 5.41) is 6.28. The Bertz CT molecular complexity index is 732. The first-order valence-electron chi connectivity index (χ1n) is 8.11. The average Bonchev–Trinajstić information content (AvgIpc) is 2.62. The highest BCUT2D eigenvalue weighted by atomic mass is 35.5. The normalized spacial score (nSPS) is 16.2. The summed E-state index contributed by atoms with van der Waals surface area (Å²) in [5.41, 5.74) is 1.06. The molecule has 0 saturated carbocycles. The lowest BCUT2D eigenvalue weighted by Crippen LogP contribution is -2.47. The lowest BCUT2D eigenvalue weighted by atomic mass is 10.0. The molecule has 2 heterocycles. The van der Waals surface area contributed by atoms with Gasteiger partial charge >= 0.3 is 0 Å². The van der Waals surface area contributed by atoms with Crippen LogP contribution in [0.4, 0.5) is 15.9 Å². The Hall–Kier alpha value is -1.89. The van der Waals surface area contributed by atoms with Crippen molar-refractivity contribution in [2.75, 3.05) is 25.5 Å². The predicted molar refractivity (Wildman–Crippen MR) is 106 cm³/mol. The van der Waals surface area contributed by atoms with E-state index < -0.39 is 0 Å². The van der Waals surface area contributed by atoms with Crippen molar-refractivity contribution < 1.29 is 9.18 Å². The third-order valence-electron chi connectivity index (χ3n) is 4.24. The molecule has 1 fully saturated rings. The van der Waals surface area contributed by atoms with Crippen molar-refractivity contribution >= 4 is 42.2 Å². The van der Waals surface area contributed by atoms with Crippen LogP contribution in [-0.4, -0.2) is 42.0 Å². The van der Waals surface area contributed by atoms with Crippen molar-refractivity contribution in [1.82, 2.24) is 15.2 Å². The van der Waals surface area contributed by atoms with Crippen LogP contribution < -0.4 is 10.6 Å². The topological polar surface area (TPSA) is 57.3 Å². The minimum atomic E-state index is -0.336. The number of hydrogen-bond acceptors (Lipinski definition) is 4. The Morgan fingerprint density at radius 3 is 2.81 bits per heavy atom. The van der Waals surface area contributed by atoms with Crippen molar-refractivity contribution in [3.63, 3.8) is 0 Å².